The minimum Gasteiger partial charge on any atom is -0.369 e. The molecule has 0 spiro atoms. The molecule has 57 heavy (non-hydrogen) atoms. The number of aryl methyl sites for hydroxylation is 2. The van der Waals surface area contributed by atoms with E-state index in [-0.39, 0.29) is 6.42 Å². The lowest BCUT2D eigenvalue weighted by atomic mass is 9.95. The summed E-state index contributed by atoms with van der Waals surface area (Å²) in [5.41, 5.74) is 9.81. The van der Waals surface area contributed by atoms with Gasteiger partial charge in [0.15, 0.2) is 0 Å². The highest BCUT2D eigenvalue weighted by Crippen LogP contribution is 2.51. The van der Waals surface area contributed by atoms with Crippen LogP contribution in [0.2, 0.25) is 0 Å². The number of para-hydroxylation sites is 1. The minimum atomic E-state index is -2.71. The molecule has 9 rings (SSSR count). The molecule has 1 heterocycles. The van der Waals surface area contributed by atoms with Crippen LogP contribution in [0.4, 0.5) is 14.5 Å². The average molecular weight is 762 g/mol. The first-order valence-corrected chi connectivity index (χ1v) is 21.3. The number of fused-ring (bicyclic) bond motifs is 5. The van der Waals surface area contributed by atoms with Gasteiger partial charge in [0.25, 0.3) is 0 Å². The normalized spacial score (nSPS) is 19.4. The van der Waals surface area contributed by atoms with Gasteiger partial charge in [-0.05, 0) is 109 Å². The quantitative estimate of drug-likeness (QED) is 0.161. The van der Waals surface area contributed by atoms with Crippen LogP contribution >= 0.6 is 0 Å². The monoisotopic (exact) mass is 761 g/mol. The fraction of sp³-hybridized carbons (Fsp3) is 0.407. The van der Waals surface area contributed by atoms with Crippen LogP contribution in [0.25, 0.3) is 0 Å². The van der Waals surface area contributed by atoms with Gasteiger partial charge in [0.05, 0.1) is 5.69 Å². The number of hydrogen-bond donors (Lipinski definition) is 0. The number of halogens is 2. The Morgan fingerprint density at radius 1 is 0.544 bits per heavy atom. The Hall–Kier alpha value is -5.22. The van der Waals surface area contributed by atoms with Crippen LogP contribution in [0.3, 0.4) is 0 Å². The SMILES string of the molecule is C1#Cc2ccccc2CCc2ccccc21.CC.CC.CC1C2CCC#CCCC12.CN1Cc2ccccc2C#Cc2ccccc21.FC1(F)C#CCCCCC1. The van der Waals surface area contributed by atoms with Crippen LogP contribution in [0.1, 0.15) is 131 Å². The maximum absolute atomic E-state index is 12.5. The first-order chi connectivity index (χ1) is 27.9. The second-order valence-electron chi connectivity index (χ2n) is 14.5. The molecule has 0 aromatic heterocycles. The van der Waals surface area contributed by atoms with E-state index < -0.39 is 5.92 Å². The number of benzene rings is 4. The van der Waals surface area contributed by atoms with Crippen LogP contribution in [0, 0.1) is 65.1 Å². The van der Waals surface area contributed by atoms with E-state index in [0.29, 0.717) is 12.8 Å². The molecule has 0 saturated heterocycles. The molecule has 1 nitrogen and oxygen atoms in total. The Bertz CT molecular complexity index is 2050. The van der Waals surface area contributed by atoms with Gasteiger partial charge in [0.1, 0.15) is 0 Å². The second-order valence-corrected chi connectivity index (χ2v) is 14.5. The van der Waals surface area contributed by atoms with Gasteiger partial charge >= 0.3 is 5.92 Å². The predicted molar refractivity (Wildman–Crippen MR) is 238 cm³/mol. The van der Waals surface area contributed by atoms with E-state index in [4.69, 9.17) is 0 Å². The lowest BCUT2D eigenvalue weighted by Gasteiger charge is -2.22. The highest BCUT2D eigenvalue weighted by molar-refractivity contribution is 5.64. The molecule has 2 atom stereocenters. The summed E-state index contributed by atoms with van der Waals surface area (Å²) in [7, 11) is 2.11. The maximum atomic E-state index is 12.5. The van der Waals surface area contributed by atoms with Crippen LogP contribution in [0.5, 0.6) is 0 Å². The molecule has 1 saturated carbocycles. The predicted octanol–water partition coefficient (Wildman–Crippen LogP) is 13.3. The van der Waals surface area contributed by atoms with E-state index in [1.54, 1.807) is 0 Å². The number of rotatable bonds is 0. The topological polar surface area (TPSA) is 3.24 Å². The van der Waals surface area contributed by atoms with Crippen molar-refractivity contribution >= 4 is 5.69 Å². The zero-order valence-corrected chi connectivity index (χ0v) is 35.2. The first kappa shape index (κ1) is 44.5. The van der Waals surface area contributed by atoms with Crippen molar-refractivity contribution in [1.82, 2.24) is 0 Å². The average Bonchev–Trinajstić information content (AvgIpc) is 3.83. The van der Waals surface area contributed by atoms with Gasteiger partial charge in [-0.25, -0.2) is 0 Å². The van der Waals surface area contributed by atoms with Crippen molar-refractivity contribution in [2.75, 3.05) is 11.9 Å². The second kappa shape index (κ2) is 23.8. The van der Waals surface area contributed by atoms with Crippen molar-refractivity contribution in [2.45, 2.75) is 118 Å². The highest BCUT2D eigenvalue weighted by atomic mass is 19.3. The van der Waals surface area contributed by atoms with E-state index in [0.717, 1.165) is 74.0 Å². The Morgan fingerprint density at radius 3 is 1.56 bits per heavy atom. The van der Waals surface area contributed by atoms with Crippen LogP contribution in [-0.2, 0) is 19.4 Å². The number of alkyl halides is 2. The maximum Gasteiger partial charge on any atom is 0.308 e. The number of anilines is 1. The molecule has 0 amide bonds. The molecule has 1 aliphatic heterocycles. The molecule has 5 aliphatic rings. The van der Waals surface area contributed by atoms with Gasteiger partial charge in [-0.1, -0.05) is 137 Å². The Balaban J connectivity index is 0.000000168. The van der Waals surface area contributed by atoms with Crippen LogP contribution in [0.15, 0.2) is 97.1 Å². The first-order valence-electron chi connectivity index (χ1n) is 21.3. The molecule has 4 aliphatic carbocycles. The fourth-order valence-corrected chi connectivity index (χ4v) is 7.53. The number of hydrogen-bond acceptors (Lipinski definition) is 1. The smallest absolute Gasteiger partial charge is 0.308 e. The van der Waals surface area contributed by atoms with Gasteiger partial charge in [0, 0.05) is 61.5 Å². The number of nitrogens with zero attached hydrogens (tertiary/aromatic N) is 1. The molecule has 0 radical (unpaired) electrons. The Labute approximate surface area is 344 Å². The van der Waals surface area contributed by atoms with Crippen molar-refractivity contribution < 1.29 is 8.78 Å². The summed E-state index contributed by atoms with van der Waals surface area (Å²) in [6, 6.07) is 33.5. The zero-order chi connectivity index (χ0) is 40.9. The van der Waals surface area contributed by atoms with Crippen molar-refractivity contribution in [3.8, 4) is 47.4 Å². The molecule has 0 N–H and O–H groups in total. The molecule has 4 aromatic carbocycles. The van der Waals surface area contributed by atoms with E-state index in [2.05, 4.69) is 145 Å². The lowest BCUT2D eigenvalue weighted by Crippen LogP contribution is -2.19. The molecule has 3 heteroatoms. The Kier molecular flexibility index (Phi) is 18.5. The third-order valence-corrected chi connectivity index (χ3v) is 10.8. The lowest BCUT2D eigenvalue weighted by molar-refractivity contribution is 0.0528. The Morgan fingerprint density at radius 2 is 1.00 bits per heavy atom. The molecular weight excluding hydrogens is 701 g/mol. The van der Waals surface area contributed by atoms with Crippen LogP contribution < -0.4 is 4.90 Å². The summed E-state index contributed by atoms with van der Waals surface area (Å²) < 4.78 is 24.9. The van der Waals surface area contributed by atoms with Crippen molar-refractivity contribution in [3.63, 3.8) is 0 Å². The van der Waals surface area contributed by atoms with Crippen molar-refractivity contribution in [2.24, 2.45) is 17.8 Å². The summed E-state index contributed by atoms with van der Waals surface area (Å²) >= 11 is 0. The van der Waals surface area contributed by atoms with Gasteiger partial charge in [-0.15, -0.1) is 11.8 Å². The third kappa shape index (κ3) is 14.0. The summed E-state index contributed by atoms with van der Waals surface area (Å²) in [4.78, 5) is 2.25. The van der Waals surface area contributed by atoms with E-state index in [1.165, 1.54) is 46.3 Å². The van der Waals surface area contributed by atoms with Crippen LogP contribution in [-0.4, -0.2) is 13.0 Å². The van der Waals surface area contributed by atoms with Gasteiger partial charge in [-0.3, -0.25) is 0 Å². The standard InChI is InChI=1S/C16H13N.C16H12.C10H14.C8H10F2.2C2H6/c1-17-12-15-8-3-2-6-13(15)10-11-14-7-4-5-9-16(14)17;1-2-6-14-11-12-16-8-4-3-7-15(16)10-9-13(14)5-1;1-8-9-6-4-2-3-5-7-10(8)9;9-8(10)6-4-2-1-3-5-7-8;2*1-2/h2-9H,12H2,1H3;1-8H,9-10H2;8-10H,4-7H2,1H3;1-4,6H2;2*1-2H3. The van der Waals surface area contributed by atoms with Crippen molar-refractivity contribution in [3.05, 3.63) is 136 Å². The minimum absolute atomic E-state index is 0.0556. The third-order valence-electron chi connectivity index (χ3n) is 10.8. The summed E-state index contributed by atoms with van der Waals surface area (Å²) in [6.45, 7) is 11.3. The highest BCUT2D eigenvalue weighted by Gasteiger charge is 2.44. The molecule has 1 fully saturated rings. The molecule has 296 valence electrons. The summed E-state index contributed by atoms with van der Waals surface area (Å²) in [5, 5.41) is 0. The summed E-state index contributed by atoms with van der Waals surface area (Å²) in [5.74, 6) is 24.4. The molecule has 2 unspecified atom stereocenters. The van der Waals surface area contributed by atoms with E-state index in [1.807, 2.05) is 45.7 Å². The van der Waals surface area contributed by atoms with Crippen molar-refractivity contribution in [1.29, 1.82) is 0 Å². The van der Waals surface area contributed by atoms with Gasteiger partial charge < -0.3 is 4.90 Å². The summed E-state index contributed by atoms with van der Waals surface area (Å²) in [6.07, 6.45) is 10.3. The van der Waals surface area contributed by atoms with Gasteiger partial charge in [-0.2, -0.15) is 8.78 Å². The van der Waals surface area contributed by atoms with Gasteiger partial charge in [0.2, 0.25) is 0 Å². The molecule has 0 bridgehead atoms. The molecular formula is C54H61F2N. The molecule has 4 aromatic rings. The zero-order valence-electron chi connectivity index (χ0n) is 35.2. The van der Waals surface area contributed by atoms with E-state index in [9.17, 15) is 8.78 Å². The largest absolute Gasteiger partial charge is 0.369 e. The van der Waals surface area contributed by atoms with E-state index >= 15 is 0 Å². The fourth-order valence-electron chi connectivity index (χ4n) is 7.53.